The van der Waals surface area contributed by atoms with E-state index in [0.717, 1.165) is 10.5 Å². The molecule has 4 rings (SSSR count). The number of hydrogen-bond acceptors (Lipinski definition) is 8. The molecule has 0 bridgehead atoms. The number of aromatic nitrogens is 2. The SMILES string of the molecule is [2H]C([2H])([2H])N1CCN(Cc2cc3c(nc2C=O)N(C(=O)Nc2cc(NCCC#C)c(C#N)cn2)CCC3)C(=O)C1. The highest BCUT2D eigenvalue weighted by Crippen LogP contribution is 2.29. The van der Waals surface area contributed by atoms with Crippen LogP contribution in [-0.2, 0) is 17.8 Å². The highest BCUT2D eigenvalue weighted by Gasteiger charge is 2.28. The maximum absolute atomic E-state index is 13.2. The molecule has 0 unspecified atom stereocenters. The predicted molar refractivity (Wildman–Crippen MR) is 138 cm³/mol. The summed E-state index contributed by atoms with van der Waals surface area (Å²) in [7, 11) is 0. The first-order valence-corrected chi connectivity index (χ1v) is 11.8. The van der Waals surface area contributed by atoms with Crippen molar-refractivity contribution in [2.24, 2.45) is 0 Å². The Balaban J connectivity index is 1.51. The number of nitrogens with one attached hydrogen (secondary N) is 2. The number of carbonyl (C=O) groups excluding carboxylic acids is 3. The van der Waals surface area contributed by atoms with Crippen molar-refractivity contribution >= 4 is 35.5 Å². The Morgan fingerprint density at radius 1 is 1.35 bits per heavy atom. The molecule has 4 heterocycles. The minimum atomic E-state index is -2.35. The topological polar surface area (TPSA) is 135 Å². The van der Waals surface area contributed by atoms with Gasteiger partial charge < -0.3 is 10.2 Å². The van der Waals surface area contributed by atoms with Gasteiger partial charge in [0.15, 0.2) is 6.29 Å². The van der Waals surface area contributed by atoms with Crippen molar-refractivity contribution in [3.05, 3.63) is 40.7 Å². The number of pyridine rings is 2. The van der Waals surface area contributed by atoms with Crippen LogP contribution in [0.4, 0.5) is 22.1 Å². The van der Waals surface area contributed by atoms with Gasteiger partial charge in [-0.2, -0.15) is 5.26 Å². The van der Waals surface area contributed by atoms with Gasteiger partial charge in [-0.15, -0.1) is 12.3 Å². The van der Waals surface area contributed by atoms with Crippen LogP contribution in [0.2, 0.25) is 0 Å². The summed E-state index contributed by atoms with van der Waals surface area (Å²) in [5, 5.41) is 15.1. The lowest BCUT2D eigenvalue weighted by Gasteiger charge is -2.33. The van der Waals surface area contributed by atoms with E-state index in [9.17, 15) is 19.6 Å². The van der Waals surface area contributed by atoms with Crippen molar-refractivity contribution < 1.29 is 18.5 Å². The molecule has 0 atom stereocenters. The van der Waals surface area contributed by atoms with E-state index in [1.807, 2.05) is 6.07 Å². The van der Waals surface area contributed by atoms with Crippen LogP contribution >= 0.6 is 0 Å². The van der Waals surface area contributed by atoms with Gasteiger partial charge in [0.05, 0.1) is 17.8 Å². The molecule has 3 amide bonds. The van der Waals surface area contributed by atoms with Gasteiger partial charge in [0.2, 0.25) is 5.91 Å². The molecule has 0 spiro atoms. The van der Waals surface area contributed by atoms with Crippen LogP contribution in [0.15, 0.2) is 18.3 Å². The lowest BCUT2D eigenvalue weighted by molar-refractivity contribution is -0.136. The number of likely N-dealkylation sites (N-methyl/N-ethyl adjacent to an activating group) is 1. The summed E-state index contributed by atoms with van der Waals surface area (Å²) in [6.45, 7) is -1.26. The van der Waals surface area contributed by atoms with Crippen LogP contribution in [-0.4, -0.2) is 77.7 Å². The second-order valence-electron chi connectivity index (χ2n) is 8.66. The Labute approximate surface area is 219 Å². The average Bonchev–Trinajstić information content (AvgIpc) is 2.93. The van der Waals surface area contributed by atoms with E-state index in [1.165, 1.54) is 16.0 Å². The predicted octanol–water partition coefficient (Wildman–Crippen LogP) is 1.85. The lowest BCUT2D eigenvalue weighted by atomic mass is 10.0. The van der Waals surface area contributed by atoms with E-state index in [0.29, 0.717) is 61.3 Å². The van der Waals surface area contributed by atoms with Gasteiger partial charge in [-0.25, -0.2) is 14.8 Å². The first kappa shape index (κ1) is 21.8. The summed E-state index contributed by atoms with van der Waals surface area (Å²) in [6, 6.07) is 4.87. The van der Waals surface area contributed by atoms with Crippen LogP contribution in [0, 0.1) is 23.7 Å². The molecule has 2 N–H and O–H groups in total. The van der Waals surface area contributed by atoms with Crippen LogP contribution in [0.5, 0.6) is 0 Å². The minimum absolute atomic E-state index is 0.0981. The molecule has 2 aliphatic heterocycles. The average molecular weight is 504 g/mol. The standard InChI is InChI=1S/C26H28N8O3/c1-3-4-7-28-21-12-23(29-14-20(21)13-27)31-26(37)34-8-5-6-18-11-19(22(17-35)30-25(18)34)15-33-10-9-32(2)16-24(33)36/h1,11-12,14,17H,4-10,15-16H2,2H3,(H2,28,29,31,37)/i2D3. The van der Waals surface area contributed by atoms with Crippen molar-refractivity contribution in [2.75, 3.05) is 55.2 Å². The highest BCUT2D eigenvalue weighted by atomic mass is 16.2. The van der Waals surface area contributed by atoms with Gasteiger partial charge in [0.25, 0.3) is 0 Å². The largest absolute Gasteiger partial charge is 0.383 e. The molecule has 190 valence electrons. The second-order valence-corrected chi connectivity index (χ2v) is 8.66. The van der Waals surface area contributed by atoms with Crippen LogP contribution < -0.4 is 15.5 Å². The maximum atomic E-state index is 13.2. The fraction of sp³-hybridized carbons (Fsp3) is 0.385. The third kappa shape index (κ3) is 5.85. The molecule has 0 radical (unpaired) electrons. The van der Waals surface area contributed by atoms with Gasteiger partial charge >= 0.3 is 6.03 Å². The minimum Gasteiger partial charge on any atom is -0.383 e. The quantitative estimate of drug-likeness (QED) is 0.332. The Morgan fingerprint density at radius 2 is 2.22 bits per heavy atom. The third-order valence-corrected chi connectivity index (χ3v) is 6.16. The van der Waals surface area contributed by atoms with E-state index < -0.39 is 13.0 Å². The lowest BCUT2D eigenvalue weighted by Crippen LogP contribution is -2.48. The molecule has 2 aromatic heterocycles. The van der Waals surface area contributed by atoms with Crippen molar-refractivity contribution in [1.29, 1.82) is 5.26 Å². The fourth-order valence-corrected chi connectivity index (χ4v) is 4.27. The monoisotopic (exact) mass is 503 g/mol. The van der Waals surface area contributed by atoms with Crippen molar-refractivity contribution in [3.63, 3.8) is 0 Å². The molecule has 1 saturated heterocycles. The van der Waals surface area contributed by atoms with Crippen LogP contribution in [0.3, 0.4) is 0 Å². The first-order chi connectivity index (χ1) is 19.1. The first-order valence-electron chi connectivity index (χ1n) is 13.3. The van der Waals surface area contributed by atoms with Crippen molar-refractivity contribution in [3.8, 4) is 18.4 Å². The smallest absolute Gasteiger partial charge is 0.328 e. The number of anilines is 3. The number of fused-ring (bicyclic) bond motifs is 1. The van der Waals surface area contributed by atoms with Gasteiger partial charge in [-0.1, -0.05) is 0 Å². The molecule has 1 fully saturated rings. The van der Waals surface area contributed by atoms with Crippen LogP contribution in [0.25, 0.3) is 0 Å². The Bertz CT molecular complexity index is 1400. The number of rotatable bonds is 7. The van der Waals surface area contributed by atoms with Gasteiger partial charge in [0.1, 0.15) is 23.4 Å². The number of aldehydes is 1. The molecule has 11 nitrogen and oxygen atoms in total. The number of nitrogens with zero attached hydrogens (tertiary/aromatic N) is 6. The molecular formula is C26H28N8O3. The number of aryl methyl sites for hydroxylation is 1. The summed E-state index contributed by atoms with van der Waals surface area (Å²) < 4.78 is 22.6. The number of nitriles is 1. The fourth-order valence-electron chi connectivity index (χ4n) is 4.27. The molecule has 0 aromatic carbocycles. The molecule has 2 aliphatic rings. The second kappa shape index (κ2) is 11.5. The van der Waals surface area contributed by atoms with Crippen molar-refractivity contribution in [2.45, 2.75) is 25.8 Å². The number of terminal acetylenes is 1. The summed E-state index contributed by atoms with van der Waals surface area (Å²) in [4.78, 5) is 50.6. The van der Waals surface area contributed by atoms with E-state index >= 15 is 0 Å². The van der Waals surface area contributed by atoms with Gasteiger partial charge in [-0.3, -0.25) is 24.7 Å². The Kier molecular flexibility index (Phi) is 6.77. The number of urea groups is 1. The van der Waals surface area contributed by atoms with E-state index in [2.05, 4.69) is 26.5 Å². The van der Waals surface area contributed by atoms with Gasteiger partial charge in [0, 0.05) is 61.1 Å². The van der Waals surface area contributed by atoms with Crippen molar-refractivity contribution in [1.82, 2.24) is 19.8 Å². The third-order valence-electron chi connectivity index (χ3n) is 6.16. The number of hydrogen-bond donors (Lipinski definition) is 2. The molecule has 0 aliphatic carbocycles. The zero-order valence-electron chi connectivity index (χ0n) is 23.2. The maximum Gasteiger partial charge on any atom is 0.328 e. The van der Waals surface area contributed by atoms with E-state index in [4.69, 9.17) is 10.5 Å². The molecule has 37 heavy (non-hydrogen) atoms. The molecule has 0 saturated carbocycles. The number of carbonyl (C=O) groups is 3. The Morgan fingerprint density at radius 3 is 2.95 bits per heavy atom. The van der Waals surface area contributed by atoms with E-state index in [1.54, 1.807) is 12.1 Å². The number of amides is 3. The Hall–Kier alpha value is -4.48. The normalized spacial score (nSPS) is 16.9. The summed E-state index contributed by atoms with van der Waals surface area (Å²) >= 11 is 0. The van der Waals surface area contributed by atoms with E-state index in [-0.39, 0.29) is 43.6 Å². The van der Waals surface area contributed by atoms with Crippen LogP contribution in [0.1, 0.15) is 44.1 Å². The zero-order chi connectivity index (χ0) is 28.9. The summed E-state index contributed by atoms with van der Waals surface area (Å²) in [5.41, 5.74) is 2.17. The highest BCUT2D eigenvalue weighted by molar-refractivity contribution is 6.01. The zero-order valence-corrected chi connectivity index (χ0v) is 20.2. The summed E-state index contributed by atoms with van der Waals surface area (Å²) in [5.74, 6) is 2.73. The summed E-state index contributed by atoms with van der Waals surface area (Å²) in [6.07, 6.45) is 8.95. The molecular weight excluding hydrogens is 472 g/mol. The molecule has 2 aromatic rings. The number of piperazine rings is 1. The molecule has 11 heteroatoms. The van der Waals surface area contributed by atoms with Gasteiger partial charge in [-0.05, 0) is 31.4 Å².